The molecule has 0 aliphatic carbocycles. The first kappa shape index (κ1) is 14.2. The van der Waals surface area contributed by atoms with E-state index in [0.717, 1.165) is 34.4 Å². The number of aliphatic hydroxyl groups is 1. The van der Waals surface area contributed by atoms with Gasteiger partial charge in [-0.25, -0.2) is 4.39 Å². The number of pyridine rings is 1. The van der Waals surface area contributed by atoms with Crippen LogP contribution in [0, 0.1) is 19.7 Å². The van der Waals surface area contributed by atoms with Crippen molar-refractivity contribution in [3.8, 4) is 0 Å². The van der Waals surface area contributed by atoms with Crippen LogP contribution in [0.2, 0.25) is 0 Å². The fourth-order valence-corrected chi connectivity index (χ4v) is 2.87. The third-order valence-electron chi connectivity index (χ3n) is 4.06. The highest BCUT2D eigenvalue weighted by atomic mass is 19.1. The average Bonchev–Trinajstić information content (AvgIpc) is 2.49. The maximum absolute atomic E-state index is 13.6. The number of rotatable bonds is 2. The van der Waals surface area contributed by atoms with E-state index < -0.39 is 0 Å². The van der Waals surface area contributed by atoms with Crippen molar-refractivity contribution in [1.82, 2.24) is 4.98 Å². The van der Waals surface area contributed by atoms with Crippen molar-refractivity contribution in [2.24, 2.45) is 0 Å². The molecule has 1 aromatic heterocycles. The number of fused-ring (bicyclic) bond motifs is 1. The van der Waals surface area contributed by atoms with Gasteiger partial charge in [-0.3, -0.25) is 4.98 Å². The maximum atomic E-state index is 13.6. The third kappa shape index (κ3) is 2.59. The number of aliphatic hydroxyl groups excluding tert-OH is 1. The van der Waals surface area contributed by atoms with Gasteiger partial charge in [0.15, 0.2) is 0 Å². The van der Waals surface area contributed by atoms with Crippen LogP contribution in [0.1, 0.15) is 11.3 Å². The summed E-state index contributed by atoms with van der Waals surface area (Å²) in [6, 6.07) is 4.68. The zero-order valence-electron chi connectivity index (χ0n) is 12.3. The lowest BCUT2D eigenvalue weighted by molar-refractivity contribution is 0.00360. The van der Waals surface area contributed by atoms with Crippen molar-refractivity contribution in [2.75, 3.05) is 31.2 Å². The summed E-state index contributed by atoms with van der Waals surface area (Å²) in [5.74, 6) is -0.263. The Morgan fingerprint density at radius 3 is 3.00 bits per heavy atom. The van der Waals surface area contributed by atoms with Gasteiger partial charge in [0.05, 0.1) is 30.5 Å². The first-order chi connectivity index (χ1) is 10.1. The second-order valence-corrected chi connectivity index (χ2v) is 5.45. The lowest BCUT2D eigenvalue weighted by Gasteiger charge is -2.35. The number of benzene rings is 1. The average molecular weight is 290 g/mol. The lowest BCUT2D eigenvalue weighted by atomic mass is 10.0. The molecule has 0 spiro atoms. The quantitative estimate of drug-likeness (QED) is 0.921. The van der Waals surface area contributed by atoms with Gasteiger partial charge in [-0.15, -0.1) is 0 Å². The fraction of sp³-hybridized carbons (Fsp3) is 0.438. The molecule has 2 heterocycles. The molecule has 5 heteroatoms. The van der Waals surface area contributed by atoms with Crippen LogP contribution in [0.15, 0.2) is 18.2 Å². The predicted molar refractivity (Wildman–Crippen MR) is 80.2 cm³/mol. The molecule has 0 unspecified atom stereocenters. The van der Waals surface area contributed by atoms with E-state index in [1.165, 1.54) is 12.1 Å². The zero-order valence-corrected chi connectivity index (χ0v) is 12.3. The smallest absolute Gasteiger partial charge is 0.124 e. The lowest BCUT2D eigenvalue weighted by Crippen LogP contribution is -2.44. The Morgan fingerprint density at radius 2 is 2.24 bits per heavy atom. The highest BCUT2D eigenvalue weighted by Gasteiger charge is 2.23. The normalized spacial score (nSPS) is 19.2. The van der Waals surface area contributed by atoms with Crippen LogP contribution in [0.25, 0.3) is 10.9 Å². The number of halogens is 1. The summed E-state index contributed by atoms with van der Waals surface area (Å²) in [7, 11) is 0. The van der Waals surface area contributed by atoms with Crippen LogP contribution in [0.4, 0.5) is 10.1 Å². The van der Waals surface area contributed by atoms with E-state index in [2.05, 4.69) is 9.88 Å². The molecule has 1 aliphatic rings. The molecule has 0 radical (unpaired) electrons. The minimum Gasteiger partial charge on any atom is -0.394 e. The molecule has 0 amide bonds. The molecule has 3 rings (SSSR count). The Morgan fingerprint density at radius 1 is 1.43 bits per heavy atom. The van der Waals surface area contributed by atoms with Gasteiger partial charge in [0.1, 0.15) is 5.82 Å². The summed E-state index contributed by atoms with van der Waals surface area (Å²) in [6.45, 7) is 5.85. The summed E-state index contributed by atoms with van der Waals surface area (Å²) in [4.78, 5) is 6.70. The van der Waals surface area contributed by atoms with E-state index in [0.29, 0.717) is 13.2 Å². The van der Waals surface area contributed by atoms with Gasteiger partial charge in [0.2, 0.25) is 0 Å². The molecular formula is C16H19FN2O2. The number of ether oxygens (including phenoxy) is 1. The molecule has 0 bridgehead atoms. The molecule has 1 N–H and O–H groups in total. The van der Waals surface area contributed by atoms with Gasteiger partial charge in [-0.2, -0.15) is 0 Å². The van der Waals surface area contributed by atoms with Crippen molar-refractivity contribution >= 4 is 16.6 Å². The number of aryl methyl sites for hydroxylation is 1. The highest BCUT2D eigenvalue weighted by Crippen LogP contribution is 2.32. The summed E-state index contributed by atoms with van der Waals surface area (Å²) in [6.07, 6.45) is -0.199. The minimum atomic E-state index is -0.263. The Labute approximate surface area is 123 Å². The van der Waals surface area contributed by atoms with Gasteiger partial charge in [0, 0.05) is 24.2 Å². The van der Waals surface area contributed by atoms with E-state index in [1.807, 2.05) is 13.8 Å². The minimum absolute atomic E-state index is 0.00803. The van der Waals surface area contributed by atoms with Gasteiger partial charge in [-0.05, 0) is 37.6 Å². The molecular weight excluding hydrogens is 271 g/mol. The zero-order chi connectivity index (χ0) is 15.0. The number of aromatic nitrogens is 1. The first-order valence-electron chi connectivity index (χ1n) is 7.14. The van der Waals surface area contributed by atoms with Crippen LogP contribution in [0.5, 0.6) is 0 Å². The Kier molecular flexibility index (Phi) is 3.78. The van der Waals surface area contributed by atoms with Gasteiger partial charge < -0.3 is 14.7 Å². The van der Waals surface area contributed by atoms with E-state index in [-0.39, 0.29) is 18.5 Å². The van der Waals surface area contributed by atoms with Crippen LogP contribution < -0.4 is 4.90 Å². The topological polar surface area (TPSA) is 45.6 Å². The molecule has 1 atom stereocenters. The molecule has 1 fully saturated rings. The molecule has 2 aromatic rings. The number of hydrogen-bond donors (Lipinski definition) is 1. The molecule has 0 saturated carbocycles. The third-order valence-corrected chi connectivity index (χ3v) is 4.06. The molecule has 1 aliphatic heterocycles. The highest BCUT2D eigenvalue weighted by molar-refractivity contribution is 5.94. The largest absolute Gasteiger partial charge is 0.394 e. The number of anilines is 1. The first-order valence-corrected chi connectivity index (χ1v) is 7.14. The van der Waals surface area contributed by atoms with Crippen LogP contribution in [-0.4, -0.2) is 42.5 Å². The summed E-state index contributed by atoms with van der Waals surface area (Å²) in [5.41, 5.74) is 3.78. The van der Waals surface area contributed by atoms with Gasteiger partial charge in [-0.1, -0.05) is 0 Å². The maximum Gasteiger partial charge on any atom is 0.124 e. The van der Waals surface area contributed by atoms with Crippen LogP contribution in [-0.2, 0) is 4.74 Å². The van der Waals surface area contributed by atoms with E-state index in [9.17, 15) is 9.50 Å². The van der Waals surface area contributed by atoms with Crippen molar-refractivity contribution in [2.45, 2.75) is 20.0 Å². The molecule has 1 saturated heterocycles. The monoisotopic (exact) mass is 290 g/mol. The number of hydrogen-bond acceptors (Lipinski definition) is 4. The van der Waals surface area contributed by atoms with Crippen molar-refractivity contribution in [3.63, 3.8) is 0 Å². The fourth-order valence-electron chi connectivity index (χ4n) is 2.87. The van der Waals surface area contributed by atoms with Crippen LogP contribution >= 0.6 is 0 Å². The Balaban J connectivity index is 2.15. The predicted octanol–water partition coefficient (Wildman–Crippen LogP) is 2.19. The molecule has 112 valence electrons. The van der Waals surface area contributed by atoms with Crippen molar-refractivity contribution in [3.05, 3.63) is 35.3 Å². The molecule has 4 nitrogen and oxygen atoms in total. The van der Waals surface area contributed by atoms with Crippen molar-refractivity contribution < 1.29 is 14.2 Å². The summed E-state index contributed by atoms with van der Waals surface area (Å²) in [5, 5.41) is 10.1. The summed E-state index contributed by atoms with van der Waals surface area (Å²) < 4.78 is 19.2. The molecule has 21 heavy (non-hydrogen) atoms. The number of morpholine rings is 1. The second-order valence-electron chi connectivity index (χ2n) is 5.45. The SMILES string of the molecule is Cc1nc2ccc(F)cc2c(N2CCO[C@@H](CO)C2)c1C. The standard InChI is InChI=1S/C16H19FN2O2/c1-10-11(2)18-15-4-3-12(17)7-14(15)16(10)19-5-6-21-13(8-19)9-20/h3-4,7,13,20H,5-6,8-9H2,1-2H3/t13-/m1/s1. The van der Waals surface area contributed by atoms with E-state index in [1.54, 1.807) is 6.07 Å². The van der Waals surface area contributed by atoms with E-state index in [4.69, 9.17) is 4.74 Å². The Bertz CT molecular complexity index is 675. The number of nitrogens with zero attached hydrogens (tertiary/aromatic N) is 2. The van der Waals surface area contributed by atoms with Crippen LogP contribution in [0.3, 0.4) is 0 Å². The summed E-state index contributed by atoms with van der Waals surface area (Å²) >= 11 is 0. The Hall–Kier alpha value is -1.72. The van der Waals surface area contributed by atoms with Gasteiger partial charge >= 0.3 is 0 Å². The second kappa shape index (κ2) is 5.58. The van der Waals surface area contributed by atoms with E-state index >= 15 is 0 Å². The van der Waals surface area contributed by atoms with Gasteiger partial charge in [0.25, 0.3) is 0 Å². The molecule has 1 aromatic carbocycles. The van der Waals surface area contributed by atoms with Crippen molar-refractivity contribution in [1.29, 1.82) is 0 Å².